The Hall–Kier alpha value is -1.10. The number of aliphatic carboxylic acids is 1. The third-order valence-corrected chi connectivity index (χ3v) is 2.62. The number of rotatable bonds is 1. The normalized spacial score (nSPS) is 28.4. The van der Waals surface area contributed by atoms with Crippen LogP contribution in [-0.2, 0) is 9.59 Å². The van der Waals surface area contributed by atoms with Crippen molar-refractivity contribution in [3.8, 4) is 0 Å². The molecule has 0 aromatic heterocycles. The number of carbonyl (C=O) groups is 2. The summed E-state index contributed by atoms with van der Waals surface area (Å²) >= 11 is 0. The van der Waals surface area contributed by atoms with Gasteiger partial charge in [0.05, 0.1) is 0 Å². The van der Waals surface area contributed by atoms with Crippen molar-refractivity contribution < 1.29 is 14.7 Å². The number of hydrogen-bond donors (Lipinski definition) is 2. The van der Waals surface area contributed by atoms with Gasteiger partial charge in [-0.1, -0.05) is 6.92 Å². The minimum absolute atomic E-state index is 0.00481. The van der Waals surface area contributed by atoms with Gasteiger partial charge in [-0.15, -0.1) is 0 Å². The van der Waals surface area contributed by atoms with Crippen molar-refractivity contribution in [2.75, 3.05) is 20.1 Å². The number of nitrogens with zero attached hydrogens (tertiary/aromatic N) is 1. The van der Waals surface area contributed by atoms with Crippen molar-refractivity contribution in [1.29, 1.82) is 0 Å². The van der Waals surface area contributed by atoms with Crippen LogP contribution in [0.4, 0.5) is 0 Å². The van der Waals surface area contributed by atoms with Crippen LogP contribution in [0.15, 0.2) is 0 Å². The molecule has 0 bridgehead atoms. The zero-order valence-electron chi connectivity index (χ0n) is 8.49. The molecular weight excluding hydrogens is 184 g/mol. The Bertz CT molecular complexity index is 242. The molecule has 5 heteroatoms. The second kappa shape index (κ2) is 4.41. The topological polar surface area (TPSA) is 69.6 Å². The molecule has 14 heavy (non-hydrogen) atoms. The lowest BCUT2D eigenvalue weighted by molar-refractivity contribution is -0.150. The van der Waals surface area contributed by atoms with Gasteiger partial charge in [-0.25, -0.2) is 4.79 Å². The lowest BCUT2D eigenvalue weighted by atomic mass is 9.94. The largest absolute Gasteiger partial charge is 0.474 e. The van der Waals surface area contributed by atoms with E-state index >= 15 is 0 Å². The van der Waals surface area contributed by atoms with Gasteiger partial charge in [-0.2, -0.15) is 0 Å². The van der Waals surface area contributed by atoms with Gasteiger partial charge in [0.25, 0.3) is 0 Å². The average molecular weight is 200 g/mol. The SMILES string of the molecule is CC1CN(C)CCC1NC(=O)C(=O)O. The van der Waals surface area contributed by atoms with Gasteiger partial charge in [0.2, 0.25) is 0 Å². The third kappa shape index (κ3) is 2.70. The number of piperidine rings is 1. The second-order valence-corrected chi connectivity index (χ2v) is 3.91. The maximum atomic E-state index is 10.9. The highest BCUT2D eigenvalue weighted by molar-refractivity contribution is 6.31. The molecule has 1 heterocycles. The highest BCUT2D eigenvalue weighted by Gasteiger charge is 2.27. The molecule has 0 aromatic carbocycles. The average Bonchev–Trinajstić information content (AvgIpc) is 2.09. The van der Waals surface area contributed by atoms with E-state index in [-0.39, 0.29) is 6.04 Å². The summed E-state index contributed by atoms with van der Waals surface area (Å²) in [6.07, 6.45) is 0.816. The van der Waals surface area contributed by atoms with Crippen LogP contribution in [0.25, 0.3) is 0 Å². The smallest absolute Gasteiger partial charge is 0.394 e. The molecule has 1 saturated heterocycles. The number of likely N-dealkylation sites (tertiary alicyclic amines) is 1. The van der Waals surface area contributed by atoms with E-state index in [1.54, 1.807) is 0 Å². The molecule has 0 radical (unpaired) electrons. The molecule has 0 spiro atoms. The summed E-state index contributed by atoms with van der Waals surface area (Å²) < 4.78 is 0. The number of hydrogen-bond acceptors (Lipinski definition) is 3. The molecule has 1 rings (SSSR count). The van der Waals surface area contributed by atoms with Crippen LogP contribution in [0.3, 0.4) is 0 Å². The Kier molecular flexibility index (Phi) is 3.46. The van der Waals surface area contributed by atoms with E-state index in [0.717, 1.165) is 19.5 Å². The first kappa shape index (κ1) is 11.0. The molecule has 0 aromatic rings. The van der Waals surface area contributed by atoms with E-state index in [1.165, 1.54) is 0 Å². The van der Waals surface area contributed by atoms with Crippen molar-refractivity contribution in [3.63, 3.8) is 0 Å². The summed E-state index contributed by atoms with van der Waals surface area (Å²) in [6.45, 7) is 3.81. The molecule has 2 atom stereocenters. The number of carboxylic acids is 1. The van der Waals surface area contributed by atoms with Gasteiger partial charge >= 0.3 is 11.9 Å². The summed E-state index contributed by atoms with van der Waals surface area (Å²) in [4.78, 5) is 23.4. The lowest BCUT2D eigenvalue weighted by Gasteiger charge is -2.34. The van der Waals surface area contributed by atoms with Crippen molar-refractivity contribution in [2.24, 2.45) is 5.92 Å². The van der Waals surface area contributed by atoms with Gasteiger partial charge < -0.3 is 15.3 Å². The van der Waals surface area contributed by atoms with E-state index in [1.807, 2.05) is 14.0 Å². The van der Waals surface area contributed by atoms with E-state index < -0.39 is 11.9 Å². The van der Waals surface area contributed by atoms with Gasteiger partial charge in [0.1, 0.15) is 0 Å². The van der Waals surface area contributed by atoms with Crippen LogP contribution in [0.2, 0.25) is 0 Å². The van der Waals surface area contributed by atoms with Crippen LogP contribution >= 0.6 is 0 Å². The molecule has 1 fully saturated rings. The molecular formula is C9H16N2O3. The first-order valence-electron chi connectivity index (χ1n) is 4.73. The van der Waals surface area contributed by atoms with Crippen LogP contribution < -0.4 is 5.32 Å². The van der Waals surface area contributed by atoms with Crippen molar-refractivity contribution in [1.82, 2.24) is 10.2 Å². The standard InChI is InChI=1S/C9H16N2O3/c1-6-5-11(2)4-3-7(6)10-8(12)9(13)14/h6-7H,3-5H2,1-2H3,(H,10,12)(H,13,14). The van der Waals surface area contributed by atoms with Crippen molar-refractivity contribution in [2.45, 2.75) is 19.4 Å². The predicted octanol–water partition coefficient (Wildman–Crippen LogP) is -0.473. The fraction of sp³-hybridized carbons (Fsp3) is 0.778. The fourth-order valence-corrected chi connectivity index (χ4v) is 1.80. The molecule has 0 aliphatic carbocycles. The minimum Gasteiger partial charge on any atom is -0.474 e. The Labute approximate surface area is 83.1 Å². The molecule has 0 saturated carbocycles. The van der Waals surface area contributed by atoms with Gasteiger partial charge in [-0.3, -0.25) is 4.79 Å². The van der Waals surface area contributed by atoms with Crippen LogP contribution in [0, 0.1) is 5.92 Å². The zero-order chi connectivity index (χ0) is 10.7. The van der Waals surface area contributed by atoms with Crippen LogP contribution in [0.1, 0.15) is 13.3 Å². The molecule has 1 aliphatic heterocycles. The highest BCUT2D eigenvalue weighted by Crippen LogP contribution is 2.14. The highest BCUT2D eigenvalue weighted by atomic mass is 16.4. The number of carboxylic acid groups (broad SMARTS) is 1. The second-order valence-electron chi connectivity index (χ2n) is 3.91. The first-order valence-corrected chi connectivity index (χ1v) is 4.73. The fourth-order valence-electron chi connectivity index (χ4n) is 1.80. The Morgan fingerprint density at radius 1 is 1.50 bits per heavy atom. The Morgan fingerprint density at radius 2 is 2.14 bits per heavy atom. The van der Waals surface area contributed by atoms with Crippen molar-refractivity contribution in [3.05, 3.63) is 0 Å². The number of nitrogens with one attached hydrogen (secondary N) is 1. The Balaban J connectivity index is 2.45. The van der Waals surface area contributed by atoms with Crippen molar-refractivity contribution >= 4 is 11.9 Å². The Morgan fingerprint density at radius 3 is 2.64 bits per heavy atom. The number of carbonyl (C=O) groups excluding carboxylic acids is 1. The van der Waals surface area contributed by atoms with Gasteiger partial charge in [-0.05, 0) is 25.9 Å². The van der Waals surface area contributed by atoms with Crippen LogP contribution in [-0.4, -0.2) is 48.1 Å². The maximum Gasteiger partial charge on any atom is 0.394 e. The van der Waals surface area contributed by atoms with Crippen LogP contribution in [0.5, 0.6) is 0 Å². The summed E-state index contributed by atoms with van der Waals surface area (Å²) in [5.74, 6) is -2.00. The molecule has 5 nitrogen and oxygen atoms in total. The molecule has 2 N–H and O–H groups in total. The summed E-state index contributed by atoms with van der Waals surface area (Å²) in [6, 6.07) is -0.00481. The monoisotopic (exact) mass is 200 g/mol. The molecule has 1 aliphatic rings. The lowest BCUT2D eigenvalue weighted by Crippen LogP contribution is -2.50. The summed E-state index contributed by atoms with van der Waals surface area (Å²) in [7, 11) is 2.02. The quantitative estimate of drug-likeness (QED) is 0.561. The third-order valence-electron chi connectivity index (χ3n) is 2.62. The molecule has 1 amide bonds. The van der Waals surface area contributed by atoms with Gasteiger partial charge in [0.15, 0.2) is 0 Å². The van der Waals surface area contributed by atoms with E-state index in [0.29, 0.717) is 5.92 Å². The van der Waals surface area contributed by atoms with E-state index in [9.17, 15) is 9.59 Å². The summed E-state index contributed by atoms with van der Waals surface area (Å²) in [5.41, 5.74) is 0. The van der Waals surface area contributed by atoms with E-state index in [2.05, 4.69) is 10.2 Å². The number of amides is 1. The summed E-state index contributed by atoms with van der Waals surface area (Å²) in [5, 5.41) is 11.0. The molecule has 80 valence electrons. The first-order chi connectivity index (χ1) is 6.50. The van der Waals surface area contributed by atoms with E-state index in [4.69, 9.17) is 5.11 Å². The minimum atomic E-state index is -1.41. The predicted molar refractivity (Wildman–Crippen MR) is 50.8 cm³/mol. The zero-order valence-corrected chi connectivity index (χ0v) is 8.49. The molecule has 2 unspecified atom stereocenters. The van der Waals surface area contributed by atoms with Gasteiger partial charge in [0, 0.05) is 12.6 Å². The maximum absolute atomic E-state index is 10.9.